The van der Waals surface area contributed by atoms with Gasteiger partial charge in [-0.3, -0.25) is 9.59 Å². The number of anilines is 1. The minimum absolute atomic E-state index is 0.122. The van der Waals surface area contributed by atoms with Gasteiger partial charge in [0.2, 0.25) is 5.69 Å². The molecule has 2 amide bonds. The second kappa shape index (κ2) is 11.4. The zero-order valence-electron chi connectivity index (χ0n) is 21.3. The third-order valence-electron chi connectivity index (χ3n) is 6.09. The highest BCUT2D eigenvalue weighted by Crippen LogP contribution is 2.23. The number of nitrogens with zero attached hydrogens (tertiary/aromatic N) is 2. The molecule has 0 radical (unpaired) electrons. The Hall–Kier alpha value is -4.28. The number of fused-ring (bicyclic) bond motifs is 1. The molecule has 3 N–H and O–H groups in total. The average Bonchev–Trinajstić information content (AvgIpc) is 3.20. The lowest BCUT2D eigenvalue weighted by Crippen LogP contribution is -2.32. The van der Waals surface area contributed by atoms with Gasteiger partial charge in [0.25, 0.3) is 17.5 Å². The first-order chi connectivity index (χ1) is 18.2. The molecule has 0 aliphatic rings. The van der Waals surface area contributed by atoms with Gasteiger partial charge in [-0.25, -0.2) is 9.36 Å². The first-order valence-corrected chi connectivity index (χ1v) is 12.5. The molecule has 10 heteroatoms. The van der Waals surface area contributed by atoms with Crippen molar-refractivity contribution in [3.8, 4) is 5.69 Å². The van der Waals surface area contributed by atoms with E-state index in [0.717, 1.165) is 16.8 Å². The quantitative estimate of drug-likeness (QED) is 0.183. The first-order valence-electron chi connectivity index (χ1n) is 12.1. The van der Waals surface area contributed by atoms with Crippen molar-refractivity contribution in [2.24, 2.45) is 0 Å². The number of aliphatic hydroxyl groups is 1. The minimum Gasteiger partial charge on any atom is -0.732 e. The number of esters is 1. The largest absolute Gasteiger partial charge is 0.732 e. The molecule has 2 heterocycles. The minimum atomic E-state index is -0.450. The number of benzene rings is 2. The van der Waals surface area contributed by atoms with E-state index in [4.69, 9.17) is 22.5 Å². The average molecular weight is 533 g/mol. The number of pyridine rings is 1. The van der Waals surface area contributed by atoms with Crippen LogP contribution in [0.15, 0.2) is 65.8 Å². The Morgan fingerprint density at radius 3 is 2.37 bits per heavy atom. The monoisotopic (exact) mass is 532 g/mol. The summed E-state index contributed by atoms with van der Waals surface area (Å²) in [6.07, 6.45) is 1.62. The molecule has 0 saturated carbocycles. The molecule has 38 heavy (non-hydrogen) atoms. The van der Waals surface area contributed by atoms with E-state index >= 15 is 0 Å². The molecular weight excluding hydrogens is 504 g/mol. The lowest BCUT2D eigenvalue weighted by atomic mass is 10.1. The highest BCUT2D eigenvalue weighted by Gasteiger charge is 2.27. The van der Waals surface area contributed by atoms with E-state index < -0.39 is 11.9 Å². The summed E-state index contributed by atoms with van der Waals surface area (Å²) < 4.78 is 8.40. The predicted molar refractivity (Wildman–Crippen MR) is 144 cm³/mol. The Morgan fingerprint density at radius 1 is 0.974 bits per heavy atom. The molecule has 196 valence electrons. The van der Waals surface area contributed by atoms with Crippen molar-refractivity contribution in [3.63, 3.8) is 0 Å². The van der Waals surface area contributed by atoms with Crippen LogP contribution in [0.5, 0.6) is 0 Å². The predicted octanol–water partition coefficient (Wildman–Crippen LogP) is 2.89. The Balaban J connectivity index is 1.78. The van der Waals surface area contributed by atoms with Crippen LogP contribution < -0.4 is 15.0 Å². The van der Waals surface area contributed by atoms with Crippen LogP contribution in [0, 0.1) is 13.8 Å². The number of hydrogen-bond acceptors (Lipinski definition) is 6. The number of aliphatic hydroxyl groups excluding tert-OH is 1. The van der Waals surface area contributed by atoms with Gasteiger partial charge < -0.3 is 33.1 Å². The van der Waals surface area contributed by atoms with Crippen molar-refractivity contribution in [1.29, 1.82) is 0 Å². The maximum atomic E-state index is 13.5. The highest BCUT2D eigenvalue weighted by atomic mass is 32.1. The van der Waals surface area contributed by atoms with Gasteiger partial charge in [0.15, 0.2) is 0 Å². The van der Waals surface area contributed by atoms with Gasteiger partial charge in [0.1, 0.15) is 5.69 Å². The number of hydrogen-bond donors (Lipinski definition) is 3. The Morgan fingerprint density at radius 2 is 1.71 bits per heavy atom. The first kappa shape index (κ1) is 26.8. The fourth-order valence-corrected chi connectivity index (χ4v) is 4.38. The van der Waals surface area contributed by atoms with E-state index in [2.05, 4.69) is 10.6 Å². The Labute approximate surface area is 225 Å². The van der Waals surface area contributed by atoms with Gasteiger partial charge in [0.05, 0.1) is 30.5 Å². The zero-order valence-corrected chi connectivity index (χ0v) is 22.1. The van der Waals surface area contributed by atoms with Crippen LogP contribution in [0.4, 0.5) is 5.69 Å². The molecule has 2 aromatic heterocycles. The van der Waals surface area contributed by atoms with E-state index in [9.17, 15) is 14.4 Å². The summed E-state index contributed by atoms with van der Waals surface area (Å²) in [4.78, 5) is 38.0. The third kappa shape index (κ3) is 5.36. The van der Waals surface area contributed by atoms with Crippen LogP contribution in [-0.4, -0.2) is 47.2 Å². The van der Waals surface area contributed by atoms with Crippen LogP contribution in [0.1, 0.15) is 49.3 Å². The summed E-state index contributed by atoms with van der Waals surface area (Å²) in [7, 11) is 0. The number of nitrogens with one attached hydrogen (secondary N) is 2. The molecule has 0 bridgehead atoms. The number of aryl methyl sites for hydroxylation is 2. The molecule has 0 unspecified atom stereocenters. The fourth-order valence-electron chi connectivity index (χ4n) is 3.99. The molecule has 0 aliphatic heterocycles. The van der Waals surface area contributed by atoms with Crippen LogP contribution in [-0.2, 0) is 17.4 Å². The van der Waals surface area contributed by atoms with Gasteiger partial charge in [0, 0.05) is 23.3 Å². The molecule has 0 fully saturated rings. The summed E-state index contributed by atoms with van der Waals surface area (Å²) in [5, 5.41) is 14.8. The van der Waals surface area contributed by atoms with Gasteiger partial charge >= 0.3 is 5.97 Å². The summed E-state index contributed by atoms with van der Waals surface area (Å²) in [6, 6.07) is 15.5. The molecule has 9 nitrogen and oxygen atoms in total. The standard InChI is InChI=1S/C28H28N4O5S/c1-4-37-28(36)19-6-8-21(9-7-19)30-26(35)24-27(38)32(22-10-5-17(2)18(3)15-22)23-16-20(11-13-31(23)24)25(34)29-12-14-33/h5-11,13,15-16,33H,4,12,14H2,1-3H3,(H2-,29,30,34,35,36,38). The van der Waals surface area contributed by atoms with Crippen molar-refractivity contribution in [2.45, 2.75) is 25.8 Å². The van der Waals surface area contributed by atoms with E-state index in [1.807, 2.05) is 32.0 Å². The normalized spacial score (nSPS) is 10.8. The number of ether oxygens (including phenoxy) is 1. The SMILES string of the molecule is CCOC(=O)c1ccc(NC(=O)c2c([S-])n(-c3ccc(C)c(C)c3)c3cc(C(=O)NCCO)cc[n+]23)cc1. The Bertz CT molecular complexity index is 1530. The number of aromatic nitrogens is 2. The number of carbonyl (C=O) groups is 3. The van der Waals surface area contributed by atoms with Crippen molar-refractivity contribution < 1.29 is 28.6 Å². The zero-order chi connectivity index (χ0) is 27.4. The fraction of sp³-hybridized carbons (Fsp3) is 0.214. The summed E-state index contributed by atoms with van der Waals surface area (Å²) in [5.74, 6) is -1.24. The topological polar surface area (TPSA) is 114 Å². The molecular formula is C28H28N4O5S. The van der Waals surface area contributed by atoms with Gasteiger partial charge in [-0.1, -0.05) is 6.07 Å². The second-order valence-corrected chi connectivity index (χ2v) is 9.02. The van der Waals surface area contributed by atoms with Crippen molar-refractivity contribution in [2.75, 3.05) is 25.1 Å². The van der Waals surface area contributed by atoms with Crippen molar-refractivity contribution >= 4 is 41.7 Å². The van der Waals surface area contributed by atoms with Crippen LogP contribution in [0.3, 0.4) is 0 Å². The molecule has 0 spiro atoms. The number of amides is 2. The molecule has 4 aromatic rings. The Kier molecular flexibility index (Phi) is 8.04. The van der Waals surface area contributed by atoms with Crippen LogP contribution in [0.25, 0.3) is 11.3 Å². The molecule has 4 rings (SSSR count). The maximum Gasteiger partial charge on any atom is 0.338 e. The molecule has 0 atom stereocenters. The number of rotatable bonds is 8. The highest BCUT2D eigenvalue weighted by molar-refractivity contribution is 7.58. The number of imidazole rings is 1. The van der Waals surface area contributed by atoms with Crippen LogP contribution in [0.2, 0.25) is 0 Å². The summed E-state index contributed by atoms with van der Waals surface area (Å²) in [6.45, 7) is 5.94. The maximum absolute atomic E-state index is 13.5. The van der Waals surface area contributed by atoms with Gasteiger partial charge in [-0.15, -0.1) is 0 Å². The van der Waals surface area contributed by atoms with E-state index in [0.29, 0.717) is 22.5 Å². The third-order valence-corrected chi connectivity index (χ3v) is 6.46. The van der Waals surface area contributed by atoms with E-state index in [1.54, 1.807) is 58.5 Å². The van der Waals surface area contributed by atoms with Crippen LogP contribution >= 0.6 is 0 Å². The molecule has 0 saturated heterocycles. The van der Waals surface area contributed by atoms with E-state index in [1.165, 1.54) is 0 Å². The molecule has 0 aliphatic carbocycles. The smallest absolute Gasteiger partial charge is 0.338 e. The van der Waals surface area contributed by atoms with Crippen molar-refractivity contribution in [3.05, 3.63) is 88.7 Å². The van der Waals surface area contributed by atoms with E-state index in [-0.39, 0.29) is 36.4 Å². The second-order valence-electron chi connectivity index (χ2n) is 8.63. The summed E-state index contributed by atoms with van der Waals surface area (Å²) >= 11 is 5.79. The van der Waals surface area contributed by atoms with Crippen molar-refractivity contribution in [1.82, 2.24) is 9.88 Å². The van der Waals surface area contributed by atoms with Gasteiger partial charge in [-0.05, 0) is 74.4 Å². The number of carbonyl (C=O) groups excluding carboxylic acids is 3. The summed E-state index contributed by atoms with van der Waals surface area (Å²) in [5.41, 5.74) is 4.86. The lowest BCUT2D eigenvalue weighted by molar-refractivity contribution is -0.514. The molecule has 2 aromatic carbocycles. The van der Waals surface area contributed by atoms with Gasteiger partial charge in [-0.2, -0.15) is 4.40 Å². The lowest BCUT2D eigenvalue weighted by Gasteiger charge is -2.10.